The third kappa shape index (κ3) is 2.45. The van der Waals surface area contributed by atoms with Gasteiger partial charge in [-0.25, -0.2) is 4.39 Å². The summed E-state index contributed by atoms with van der Waals surface area (Å²) in [6, 6.07) is 2.63. The molecule has 0 saturated heterocycles. The summed E-state index contributed by atoms with van der Waals surface area (Å²) < 4.78 is 14.0. The fraction of sp³-hybridized carbons (Fsp3) is 0.364. The minimum Gasteiger partial charge on any atom is -0.506 e. The van der Waals surface area contributed by atoms with Crippen LogP contribution in [-0.4, -0.2) is 29.0 Å². The Morgan fingerprint density at radius 1 is 1.44 bits per heavy atom. The molecule has 1 amide bonds. The summed E-state index contributed by atoms with van der Waals surface area (Å²) in [6.45, 7) is 4.59. The Bertz CT molecular complexity index is 405. The molecule has 5 heteroatoms. The van der Waals surface area contributed by atoms with Crippen LogP contribution in [0.25, 0.3) is 0 Å². The molecule has 0 spiro atoms. The Labute approximate surface area is 107 Å². The highest BCUT2D eigenvalue weighted by atomic mass is 127. The lowest BCUT2D eigenvalue weighted by atomic mass is 10.1. The normalized spacial score (nSPS) is 10.2. The smallest absolute Gasteiger partial charge is 0.260 e. The molecule has 0 aliphatic heterocycles. The van der Waals surface area contributed by atoms with E-state index in [1.165, 1.54) is 17.0 Å². The van der Waals surface area contributed by atoms with Crippen LogP contribution in [0.4, 0.5) is 4.39 Å². The van der Waals surface area contributed by atoms with Crippen LogP contribution in [-0.2, 0) is 0 Å². The molecule has 0 aliphatic carbocycles. The molecule has 0 bridgehead atoms. The molecule has 0 atom stereocenters. The first-order chi connectivity index (χ1) is 7.52. The second-order valence-corrected chi connectivity index (χ2v) is 4.39. The van der Waals surface area contributed by atoms with Gasteiger partial charge in [-0.1, -0.05) is 0 Å². The van der Waals surface area contributed by atoms with E-state index in [0.717, 1.165) is 0 Å². The van der Waals surface area contributed by atoms with Crippen LogP contribution < -0.4 is 0 Å². The van der Waals surface area contributed by atoms with E-state index in [4.69, 9.17) is 0 Å². The molecule has 0 saturated carbocycles. The van der Waals surface area contributed by atoms with Crippen LogP contribution in [0, 0.1) is 9.39 Å². The Morgan fingerprint density at radius 3 is 2.50 bits per heavy atom. The number of carbonyl (C=O) groups excluding carboxylic acids is 1. The maximum atomic E-state index is 13.5. The van der Waals surface area contributed by atoms with E-state index >= 15 is 0 Å². The van der Waals surface area contributed by atoms with E-state index in [-0.39, 0.29) is 11.3 Å². The van der Waals surface area contributed by atoms with Gasteiger partial charge in [-0.3, -0.25) is 4.79 Å². The van der Waals surface area contributed by atoms with Gasteiger partial charge in [-0.15, -0.1) is 0 Å². The first-order valence-electron chi connectivity index (χ1n) is 4.99. The largest absolute Gasteiger partial charge is 0.506 e. The third-order valence-corrected chi connectivity index (χ3v) is 3.21. The Morgan fingerprint density at radius 2 is 2.00 bits per heavy atom. The Balaban J connectivity index is 3.22. The van der Waals surface area contributed by atoms with Gasteiger partial charge in [0.2, 0.25) is 0 Å². The van der Waals surface area contributed by atoms with Crippen molar-refractivity contribution in [1.29, 1.82) is 0 Å². The van der Waals surface area contributed by atoms with Crippen LogP contribution in [0.1, 0.15) is 24.2 Å². The zero-order valence-corrected chi connectivity index (χ0v) is 11.3. The molecular weight excluding hydrogens is 324 g/mol. The number of phenolic OH excluding ortho intramolecular Hbond substituents is 1. The predicted molar refractivity (Wildman–Crippen MR) is 68.0 cm³/mol. The maximum absolute atomic E-state index is 13.5. The number of hydrogen-bond acceptors (Lipinski definition) is 2. The van der Waals surface area contributed by atoms with Crippen molar-refractivity contribution in [3.8, 4) is 5.75 Å². The SMILES string of the molecule is CCN(CC)C(=O)c1c(F)ccc(I)c1O. The molecule has 0 fully saturated rings. The number of aromatic hydroxyl groups is 1. The van der Waals surface area contributed by atoms with Crippen molar-refractivity contribution in [1.82, 2.24) is 4.90 Å². The van der Waals surface area contributed by atoms with Crippen molar-refractivity contribution in [2.45, 2.75) is 13.8 Å². The van der Waals surface area contributed by atoms with Gasteiger partial charge in [-0.2, -0.15) is 0 Å². The number of halogens is 2. The Hall–Kier alpha value is -0.850. The summed E-state index contributed by atoms with van der Waals surface area (Å²) in [5.74, 6) is -1.44. The zero-order chi connectivity index (χ0) is 12.3. The van der Waals surface area contributed by atoms with Crippen molar-refractivity contribution in [2.24, 2.45) is 0 Å². The van der Waals surface area contributed by atoms with E-state index in [1.54, 1.807) is 0 Å². The molecular formula is C11H13FINO2. The van der Waals surface area contributed by atoms with Crippen molar-refractivity contribution in [3.05, 3.63) is 27.1 Å². The van der Waals surface area contributed by atoms with E-state index < -0.39 is 11.7 Å². The van der Waals surface area contributed by atoms with Gasteiger partial charge in [0.15, 0.2) is 0 Å². The number of nitrogens with zero attached hydrogens (tertiary/aromatic N) is 1. The number of amides is 1. The highest BCUT2D eigenvalue weighted by molar-refractivity contribution is 14.1. The molecule has 0 radical (unpaired) electrons. The monoisotopic (exact) mass is 337 g/mol. The number of carbonyl (C=O) groups is 1. The van der Waals surface area contributed by atoms with E-state index in [2.05, 4.69) is 0 Å². The van der Waals surface area contributed by atoms with Crippen LogP contribution >= 0.6 is 22.6 Å². The second-order valence-electron chi connectivity index (χ2n) is 3.23. The van der Waals surface area contributed by atoms with Gasteiger partial charge in [0.25, 0.3) is 5.91 Å². The van der Waals surface area contributed by atoms with Gasteiger partial charge in [0, 0.05) is 13.1 Å². The fourth-order valence-electron chi connectivity index (χ4n) is 1.41. The molecule has 88 valence electrons. The highest BCUT2D eigenvalue weighted by Gasteiger charge is 2.22. The molecule has 0 aromatic heterocycles. The topological polar surface area (TPSA) is 40.5 Å². The maximum Gasteiger partial charge on any atom is 0.260 e. The lowest BCUT2D eigenvalue weighted by molar-refractivity contribution is 0.0765. The minimum atomic E-state index is -0.685. The Kier molecular flexibility index (Phi) is 4.52. The van der Waals surface area contributed by atoms with Gasteiger partial charge in [0.05, 0.1) is 3.57 Å². The number of phenols is 1. The fourth-order valence-corrected chi connectivity index (χ4v) is 1.86. The van der Waals surface area contributed by atoms with Crippen LogP contribution in [0.15, 0.2) is 12.1 Å². The van der Waals surface area contributed by atoms with Crippen LogP contribution in [0.3, 0.4) is 0 Å². The first kappa shape index (κ1) is 13.2. The van der Waals surface area contributed by atoms with Crippen LogP contribution in [0.5, 0.6) is 5.75 Å². The van der Waals surface area contributed by atoms with Crippen LogP contribution in [0.2, 0.25) is 0 Å². The van der Waals surface area contributed by atoms with E-state index in [1.807, 2.05) is 36.4 Å². The van der Waals surface area contributed by atoms with Gasteiger partial charge >= 0.3 is 0 Å². The highest BCUT2D eigenvalue weighted by Crippen LogP contribution is 2.27. The molecule has 1 aromatic rings. The van der Waals surface area contributed by atoms with Crippen molar-refractivity contribution in [2.75, 3.05) is 13.1 Å². The summed E-state index contributed by atoms with van der Waals surface area (Å²) in [7, 11) is 0. The zero-order valence-electron chi connectivity index (χ0n) is 9.13. The lowest BCUT2D eigenvalue weighted by Gasteiger charge is -2.19. The third-order valence-electron chi connectivity index (χ3n) is 2.34. The van der Waals surface area contributed by atoms with E-state index in [0.29, 0.717) is 16.7 Å². The first-order valence-corrected chi connectivity index (χ1v) is 6.07. The summed E-state index contributed by atoms with van der Waals surface area (Å²) in [6.07, 6.45) is 0. The average molecular weight is 337 g/mol. The molecule has 1 aromatic carbocycles. The average Bonchev–Trinajstić information content (AvgIpc) is 2.26. The molecule has 0 aliphatic rings. The molecule has 1 rings (SSSR count). The second kappa shape index (κ2) is 5.47. The van der Waals surface area contributed by atoms with E-state index in [9.17, 15) is 14.3 Å². The summed E-state index contributed by atoms with van der Waals surface area (Å²) in [4.78, 5) is 13.4. The van der Waals surface area contributed by atoms with Crippen molar-refractivity contribution >= 4 is 28.5 Å². The molecule has 16 heavy (non-hydrogen) atoms. The predicted octanol–water partition coefficient (Wildman–Crippen LogP) is 2.62. The summed E-state index contributed by atoms with van der Waals surface area (Å²) in [5.41, 5.74) is -0.240. The van der Waals surface area contributed by atoms with Crippen molar-refractivity contribution in [3.63, 3.8) is 0 Å². The molecule has 3 nitrogen and oxygen atoms in total. The summed E-state index contributed by atoms with van der Waals surface area (Å²) >= 11 is 1.86. The number of rotatable bonds is 3. The molecule has 0 heterocycles. The number of benzene rings is 1. The van der Waals surface area contributed by atoms with Gasteiger partial charge in [-0.05, 0) is 48.6 Å². The molecule has 1 N–H and O–H groups in total. The van der Waals surface area contributed by atoms with Gasteiger partial charge in [0.1, 0.15) is 17.1 Å². The standard InChI is InChI=1S/C11H13FINO2/c1-3-14(4-2)11(16)9-7(12)5-6-8(13)10(9)15/h5-6,15H,3-4H2,1-2H3. The van der Waals surface area contributed by atoms with Gasteiger partial charge < -0.3 is 10.0 Å². The quantitative estimate of drug-likeness (QED) is 0.862. The number of hydrogen-bond donors (Lipinski definition) is 1. The summed E-state index contributed by atoms with van der Waals surface area (Å²) in [5, 5.41) is 9.69. The lowest BCUT2D eigenvalue weighted by Crippen LogP contribution is -2.31. The minimum absolute atomic E-state index is 0.240. The van der Waals surface area contributed by atoms with Crippen molar-refractivity contribution < 1.29 is 14.3 Å². The molecule has 0 unspecified atom stereocenters.